The second-order valence-electron chi connectivity index (χ2n) is 16.0. The number of hydrogen-bond acceptors (Lipinski definition) is 9. The molecular formula is C60H56O9. The van der Waals surface area contributed by atoms with E-state index < -0.39 is 5.92 Å². The van der Waals surface area contributed by atoms with E-state index in [-0.39, 0.29) is 29.8 Å². The van der Waals surface area contributed by atoms with Crippen molar-refractivity contribution in [2.24, 2.45) is 0 Å². The molecule has 0 fully saturated rings. The molecule has 69 heavy (non-hydrogen) atoms. The van der Waals surface area contributed by atoms with Gasteiger partial charge in [-0.3, -0.25) is 19.2 Å². The van der Waals surface area contributed by atoms with Crippen LogP contribution in [0.1, 0.15) is 72.9 Å². The Labute approximate surface area is 403 Å². The van der Waals surface area contributed by atoms with Crippen LogP contribution in [0.25, 0.3) is 32.7 Å². The first-order valence-corrected chi connectivity index (χ1v) is 23.4. The average molecular weight is 921 g/mol. The largest absolute Gasteiger partial charge is 0.466 e. The highest BCUT2D eigenvalue weighted by molar-refractivity contribution is 5.94. The first-order valence-electron chi connectivity index (χ1n) is 23.4. The highest BCUT2D eigenvalue weighted by Crippen LogP contribution is 2.46. The summed E-state index contributed by atoms with van der Waals surface area (Å²) < 4.78 is 26.1. The van der Waals surface area contributed by atoms with E-state index in [0.717, 1.165) is 72.2 Å². The van der Waals surface area contributed by atoms with Crippen molar-refractivity contribution in [3.8, 4) is 22.6 Å². The number of carbonyl (C=O) groups excluding carboxylic acids is 4. The van der Waals surface area contributed by atoms with Crippen LogP contribution in [-0.4, -0.2) is 50.3 Å². The Balaban J connectivity index is 0.000000136. The van der Waals surface area contributed by atoms with Crippen molar-refractivity contribution in [2.45, 2.75) is 52.4 Å². The van der Waals surface area contributed by atoms with Gasteiger partial charge in [-0.15, -0.1) is 0 Å². The number of benzene rings is 8. The molecule has 8 aromatic rings. The van der Waals surface area contributed by atoms with E-state index in [1.165, 1.54) is 5.39 Å². The van der Waals surface area contributed by atoms with E-state index in [1.54, 1.807) is 0 Å². The molecule has 1 aliphatic heterocycles. The Morgan fingerprint density at radius 1 is 0.406 bits per heavy atom. The van der Waals surface area contributed by atoms with Crippen LogP contribution in [0, 0.1) is 0 Å². The van der Waals surface area contributed by atoms with Crippen molar-refractivity contribution in [2.75, 3.05) is 26.4 Å². The lowest BCUT2D eigenvalue weighted by Crippen LogP contribution is -2.21. The average Bonchev–Trinajstić information content (AvgIpc) is 3.71. The van der Waals surface area contributed by atoms with Crippen LogP contribution >= 0.6 is 0 Å². The monoisotopic (exact) mass is 920 g/mol. The first kappa shape index (κ1) is 48.9. The molecule has 0 amide bonds. The van der Waals surface area contributed by atoms with Gasteiger partial charge in [-0.05, 0) is 94.8 Å². The quantitative estimate of drug-likeness (QED) is 0.0977. The van der Waals surface area contributed by atoms with Crippen LogP contribution in [0.2, 0.25) is 0 Å². The Morgan fingerprint density at radius 2 is 0.841 bits per heavy atom. The molecule has 10 rings (SSSR count). The number of rotatable bonds is 10. The SMILES string of the molecule is CCOC(=O)C1c2ccccc2-c2ccccc21.CCOC(=O)C1c2ccccc2Oc2ccccc21.CCOC(=O)Cc1ccc2ccccc2c1.CCOC(=O)Cc1cccc2ccccc12. The number of para-hydroxylation sites is 2. The van der Waals surface area contributed by atoms with Gasteiger partial charge in [0.1, 0.15) is 23.3 Å². The van der Waals surface area contributed by atoms with E-state index in [4.69, 9.17) is 23.7 Å². The first-order chi connectivity index (χ1) is 33.7. The molecule has 0 N–H and O–H groups in total. The van der Waals surface area contributed by atoms with Crippen molar-refractivity contribution in [1.29, 1.82) is 0 Å². The van der Waals surface area contributed by atoms with E-state index in [2.05, 4.69) is 18.2 Å². The smallest absolute Gasteiger partial charge is 0.318 e. The second-order valence-corrected chi connectivity index (χ2v) is 16.0. The lowest BCUT2D eigenvalue weighted by atomic mass is 9.88. The Kier molecular flexibility index (Phi) is 17.1. The number of fused-ring (bicyclic) bond motifs is 7. The summed E-state index contributed by atoms with van der Waals surface area (Å²) in [6, 6.07) is 59.5. The molecule has 0 saturated carbocycles. The molecule has 0 radical (unpaired) electrons. The third-order valence-electron chi connectivity index (χ3n) is 11.5. The van der Waals surface area contributed by atoms with Gasteiger partial charge in [-0.25, -0.2) is 0 Å². The molecular weight excluding hydrogens is 865 g/mol. The molecule has 0 bridgehead atoms. The minimum atomic E-state index is -0.402. The Bertz CT molecular complexity index is 2940. The van der Waals surface area contributed by atoms with Crippen LogP contribution in [0.5, 0.6) is 11.5 Å². The van der Waals surface area contributed by atoms with Gasteiger partial charge in [0, 0.05) is 11.1 Å². The Morgan fingerprint density at radius 3 is 1.41 bits per heavy atom. The van der Waals surface area contributed by atoms with E-state index in [9.17, 15) is 19.2 Å². The van der Waals surface area contributed by atoms with Gasteiger partial charge in [-0.2, -0.15) is 0 Å². The van der Waals surface area contributed by atoms with Crippen molar-refractivity contribution in [3.05, 3.63) is 215 Å². The predicted molar refractivity (Wildman–Crippen MR) is 270 cm³/mol. The summed E-state index contributed by atoms with van der Waals surface area (Å²) in [6.45, 7) is 8.95. The second kappa shape index (κ2) is 24.1. The highest BCUT2D eigenvalue weighted by Gasteiger charge is 2.35. The molecule has 1 aliphatic carbocycles. The van der Waals surface area contributed by atoms with Gasteiger partial charge in [0.05, 0.1) is 39.3 Å². The molecule has 0 atom stereocenters. The minimum Gasteiger partial charge on any atom is -0.466 e. The molecule has 350 valence electrons. The fraction of sp³-hybridized carbons (Fsp3) is 0.200. The normalized spacial score (nSPS) is 11.8. The van der Waals surface area contributed by atoms with Crippen LogP contribution in [0.4, 0.5) is 0 Å². The standard InChI is InChI=1S/C16H14O3.C16H14O2.2C14H14O2/c1-2-18-16(17)15-11-7-3-5-9-13(11)19-14-10-6-4-8-12(14)15;1-2-18-16(17)15-13-9-5-3-7-11(13)12-8-4-6-10-14(12)15;1-2-16-14(15)10-12-8-5-7-11-6-3-4-9-13(11)12;1-2-16-14(15)10-11-7-8-12-5-3-4-6-13(12)9-11/h3-10,15H,2H2,1H3;3-10,15H,2H2,1H3;2*3-9H,2,10H2,1H3. The van der Waals surface area contributed by atoms with Gasteiger partial charge in [0.15, 0.2) is 0 Å². The molecule has 0 spiro atoms. The van der Waals surface area contributed by atoms with Gasteiger partial charge in [-0.1, -0.05) is 170 Å². The maximum absolute atomic E-state index is 12.2. The molecule has 0 aromatic heterocycles. The van der Waals surface area contributed by atoms with E-state index >= 15 is 0 Å². The van der Waals surface area contributed by atoms with Gasteiger partial charge >= 0.3 is 23.9 Å². The zero-order valence-electron chi connectivity index (χ0n) is 39.4. The van der Waals surface area contributed by atoms with Crippen LogP contribution < -0.4 is 4.74 Å². The highest BCUT2D eigenvalue weighted by atomic mass is 16.5. The summed E-state index contributed by atoms with van der Waals surface area (Å²) in [5.74, 6) is 0.0502. The molecule has 0 saturated heterocycles. The third kappa shape index (κ3) is 12.1. The van der Waals surface area contributed by atoms with Crippen molar-refractivity contribution >= 4 is 45.4 Å². The van der Waals surface area contributed by atoms with Crippen LogP contribution in [0.3, 0.4) is 0 Å². The van der Waals surface area contributed by atoms with Crippen molar-refractivity contribution in [1.82, 2.24) is 0 Å². The third-order valence-corrected chi connectivity index (χ3v) is 11.5. The van der Waals surface area contributed by atoms with Crippen LogP contribution in [0.15, 0.2) is 182 Å². The fourth-order valence-electron chi connectivity index (χ4n) is 8.57. The molecule has 0 unspecified atom stereocenters. The molecule has 9 heteroatoms. The van der Waals surface area contributed by atoms with Crippen LogP contribution in [-0.2, 0) is 51.0 Å². The minimum absolute atomic E-state index is 0.157. The summed E-state index contributed by atoms with van der Waals surface area (Å²) in [7, 11) is 0. The lowest BCUT2D eigenvalue weighted by molar-refractivity contribution is -0.144. The zero-order chi connectivity index (χ0) is 48.5. The van der Waals surface area contributed by atoms with Gasteiger partial charge < -0.3 is 23.7 Å². The van der Waals surface area contributed by atoms with E-state index in [0.29, 0.717) is 39.3 Å². The number of ether oxygens (including phenoxy) is 5. The maximum Gasteiger partial charge on any atom is 0.318 e. The van der Waals surface area contributed by atoms with Crippen molar-refractivity contribution in [3.63, 3.8) is 0 Å². The molecule has 9 nitrogen and oxygen atoms in total. The zero-order valence-corrected chi connectivity index (χ0v) is 39.4. The summed E-state index contributed by atoms with van der Waals surface area (Å²) >= 11 is 0. The topological polar surface area (TPSA) is 114 Å². The number of hydrogen-bond donors (Lipinski definition) is 0. The van der Waals surface area contributed by atoms with Gasteiger partial charge in [0.2, 0.25) is 0 Å². The molecule has 1 heterocycles. The molecule has 8 aromatic carbocycles. The maximum atomic E-state index is 12.2. The predicted octanol–water partition coefficient (Wildman–Crippen LogP) is 12.7. The lowest BCUT2D eigenvalue weighted by Gasteiger charge is -2.26. The number of carbonyl (C=O) groups is 4. The Hall–Kier alpha value is -8.04. The summed E-state index contributed by atoms with van der Waals surface area (Å²) in [6.07, 6.45) is 0.688. The summed E-state index contributed by atoms with van der Waals surface area (Å²) in [4.78, 5) is 47.2. The van der Waals surface area contributed by atoms with Gasteiger partial charge in [0.25, 0.3) is 0 Å². The summed E-state index contributed by atoms with van der Waals surface area (Å²) in [5, 5.41) is 4.63. The summed E-state index contributed by atoms with van der Waals surface area (Å²) in [5.41, 5.74) is 8.14. The van der Waals surface area contributed by atoms with Crippen molar-refractivity contribution < 1.29 is 42.9 Å². The number of esters is 4. The fourth-order valence-corrected chi connectivity index (χ4v) is 8.57. The van der Waals surface area contributed by atoms with E-state index in [1.807, 2.05) is 191 Å². The molecule has 2 aliphatic rings.